The lowest BCUT2D eigenvalue weighted by molar-refractivity contribution is 0.0734. The fourth-order valence-electron chi connectivity index (χ4n) is 5.53. The van der Waals surface area contributed by atoms with Crippen LogP contribution in [0.4, 0.5) is 10.5 Å². The normalized spacial score (nSPS) is 18.8. The van der Waals surface area contributed by atoms with Gasteiger partial charge in [0.25, 0.3) is 5.91 Å². The van der Waals surface area contributed by atoms with Crippen LogP contribution in [0.25, 0.3) is 0 Å². The van der Waals surface area contributed by atoms with E-state index in [0.717, 1.165) is 69.5 Å². The van der Waals surface area contributed by atoms with Gasteiger partial charge in [-0.25, -0.2) is 4.79 Å². The minimum Gasteiger partial charge on any atom is -0.492 e. The van der Waals surface area contributed by atoms with E-state index in [4.69, 9.17) is 26.8 Å². The SMILES string of the molecule is Nc1c(Cl)cc(C(=O)NC2CCN(CC3CCN(C(=O)OCc4ccccc4)CC3)CC2)c2c1CCO2. The molecule has 2 fully saturated rings. The second-order valence-electron chi connectivity index (χ2n) is 10.2. The van der Waals surface area contributed by atoms with Crippen LogP contribution >= 0.6 is 11.6 Å². The van der Waals surface area contributed by atoms with Crippen LogP contribution < -0.4 is 15.8 Å². The van der Waals surface area contributed by atoms with Crippen molar-refractivity contribution in [3.63, 3.8) is 0 Å². The van der Waals surface area contributed by atoms with Crippen molar-refractivity contribution < 1.29 is 19.1 Å². The average Bonchev–Trinajstić information content (AvgIpc) is 3.42. The summed E-state index contributed by atoms with van der Waals surface area (Å²) in [6.07, 6.45) is 4.23. The Labute approximate surface area is 223 Å². The highest BCUT2D eigenvalue weighted by molar-refractivity contribution is 6.33. The van der Waals surface area contributed by atoms with Gasteiger partial charge in [0.2, 0.25) is 0 Å². The molecule has 0 unspecified atom stereocenters. The number of benzene rings is 2. The molecule has 3 heterocycles. The third-order valence-corrected chi connectivity index (χ3v) is 8.05. The summed E-state index contributed by atoms with van der Waals surface area (Å²) in [5.74, 6) is 0.998. The fraction of sp³-hybridized carbons (Fsp3) is 0.500. The number of nitrogen functional groups attached to an aromatic ring is 1. The lowest BCUT2D eigenvalue weighted by Crippen LogP contribution is -2.47. The maximum absolute atomic E-state index is 13.0. The van der Waals surface area contributed by atoms with Crippen molar-refractivity contribution in [2.45, 2.75) is 44.8 Å². The Morgan fingerprint density at radius 3 is 2.54 bits per heavy atom. The van der Waals surface area contributed by atoms with E-state index in [1.54, 1.807) is 6.07 Å². The molecule has 3 N–H and O–H groups in total. The number of nitrogens with two attached hydrogens (primary N) is 1. The smallest absolute Gasteiger partial charge is 0.410 e. The number of hydrogen-bond acceptors (Lipinski definition) is 6. The van der Waals surface area contributed by atoms with Crippen molar-refractivity contribution in [3.8, 4) is 5.75 Å². The highest BCUT2D eigenvalue weighted by Crippen LogP contribution is 2.38. The van der Waals surface area contributed by atoms with Crippen molar-refractivity contribution in [3.05, 3.63) is 58.1 Å². The number of nitrogens with one attached hydrogen (secondary N) is 1. The van der Waals surface area contributed by atoms with Gasteiger partial charge in [0.15, 0.2) is 0 Å². The number of likely N-dealkylation sites (tertiary alicyclic amines) is 2. The summed E-state index contributed by atoms with van der Waals surface area (Å²) in [4.78, 5) is 29.7. The lowest BCUT2D eigenvalue weighted by atomic mass is 9.95. The predicted molar refractivity (Wildman–Crippen MR) is 143 cm³/mol. The Balaban J connectivity index is 1.03. The van der Waals surface area contributed by atoms with Crippen LogP contribution in [0.2, 0.25) is 5.02 Å². The zero-order chi connectivity index (χ0) is 25.8. The largest absolute Gasteiger partial charge is 0.492 e. The summed E-state index contributed by atoms with van der Waals surface area (Å²) in [6.45, 7) is 5.23. The molecular weight excluding hydrogens is 492 g/mol. The first-order chi connectivity index (χ1) is 18.0. The van der Waals surface area contributed by atoms with Crippen LogP contribution in [0.5, 0.6) is 5.75 Å². The van der Waals surface area contributed by atoms with Crippen molar-refractivity contribution >= 4 is 29.3 Å². The summed E-state index contributed by atoms with van der Waals surface area (Å²) in [5, 5.41) is 3.58. The van der Waals surface area contributed by atoms with Crippen LogP contribution in [0.1, 0.15) is 47.2 Å². The van der Waals surface area contributed by atoms with Crippen molar-refractivity contribution in [1.29, 1.82) is 0 Å². The van der Waals surface area contributed by atoms with Gasteiger partial charge in [-0.3, -0.25) is 4.79 Å². The maximum Gasteiger partial charge on any atom is 0.410 e. The third-order valence-electron chi connectivity index (χ3n) is 7.73. The Bertz CT molecular complexity index is 1110. The first-order valence-corrected chi connectivity index (χ1v) is 13.6. The van der Waals surface area contributed by atoms with Gasteiger partial charge in [0.05, 0.1) is 22.9 Å². The molecule has 2 saturated heterocycles. The molecule has 2 aromatic carbocycles. The number of nitrogens with zero attached hydrogens (tertiary/aromatic N) is 2. The zero-order valence-electron chi connectivity index (χ0n) is 21.1. The predicted octanol–water partition coefficient (Wildman–Crippen LogP) is 4.10. The highest BCUT2D eigenvalue weighted by Gasteiger charge is 2.29. The average molecular weight is 527 g/mol. The van der Waals surface area contributed by atoms with Crippen LogP contribution in [0.15, 0.2) is 36.4 Å². The minimum absolute atomic E-state index is 0.123. The molecule has 0 aromatic heterocycles. The Morgan fingerprint density at radius 2 is 1.81 bits per heavy atom. The monoisotopic (exact) mass is 526 g/mol. The number of amides is 2. The van der Waals surface area contributed by atoms with E-state index < -0.39 is 0 Å². The first-order valence-electron chi connectivity index (χ1n) is 13.2. The number of anilines is 1. The van der Waals surface area contributed by atoms with Crippen LogP contribution in [0, 0.1) is 5.92 Å². The fourth-order valence-corrected chi connectivity index (χ4v) is 5.76. The van der Waals surface area contributed by atoms with Crippen molar-refractivity contribution in [2.75, 3.05) is 45.1 Å². The molecule has 3 aliphatic heterocycles. The molecule has 0 aliphatic carbocycles. The molecule has 0 radical (unpaired) electrons. The lowest BCUT2D eigenvalue weighted by Gasteiger charge is -2.37. The molecule has 37 heavy (non-hydrogen) atoms. The van der Waals surface area contributed by atoms with Crippen molar-refractivity contribution in [2.24, 2.45) is 5.92 Å². The van der Waals surface area contributed by atoms with Gasteiger partial charge in [0, 0.05) is 50.7 Å². The van der Waals surface area contributed by atoms with Gasteiger partial charge in [-0.2, -0.15) is 0 Å². The first kappa shape index (κ1) is 25.7. The molecule has 8 nitrogen and oxygen atoms in total. The Hall–Kier alpha value is -2.97. The van der Waals surface area contributed by atoms with E-state index >= 15 is 0 Å². The summed E-state index contributed by atoms with van der Waals surface area (Å²) in [5.41, 5.74) is 8.88. The molecule has 9 heteroatoms. The zero-order valence-corrected chi connectivity index (χ0v) is 21.8. The number of halogens is 1. The highest BCUT2D eigenvalue weighted by atomic mass is 35.5. The van der Waals surface area contributed by atoms with Gasteiger partial charge >= 0.3 is 6.09 Å². The Morgan fingerprint density at radius 1 is 1.08 bits per heavy atom. The molecule has 0 atom stereocenters. The molecule has 5 rings (SSSR count). The summed E-state index contributed by atoms with van der Waals surface area (Å²) in [6, 6.07) is 11.5. The van der Waals surface area contributed by atoms with Gasteiger partial charge in [-0.05, 0) is 43.2 Å². The quantitative estimate of drug-likeness (QED) is 0.550. The van der Waals surface area contributed by atoms with Crippen LogP contribution in [-0.2, 0) is 17.8 Å². The van der Waals surface area contributed by atoms with E-state index in [1.165, 1.54) is 0 Å². The summed E-state index contributed by atoms with van der Waals surface area (Å²) >= 11 is 6.27. The molecule has 0 saturated carbocycles. The van der Waals surface area contributed by atoms with Crippen LogP contribution in [0.3, 0.4) is 0 Å². The molecule has 0 spiro atoms. The van der Waals surface area contributed by atoms with E-state index in [2.05, 4.69) is 10.2 Å². The number of carbonyl (C=O) groups excluding carboxylic acids is 2. The van der Waals surface area contributed by atoms with E-state index in [9.17, 15) is 9.59 Å². The van der Waals surface area contributed by atoms with E-state index in [-0.39, 0.29) is 18.0 Å². The molecular formula is C28H35ClN4O4. The number of rotatable bonds is 6. The second kappa shape index (κ2) is 11.6. The number of carbonyl (C=O) groups is 2. The summed E-state index contributed by atoms with van der Waals surface area (Å²) in [7, 11) is 0. The minimum atomic E-state index is -0.225. The van der Waals surface area contributed by atoms with Crippen molar-refractivity contribution in [1.82, 2.24) is 15.1 Å². The van der Waals surface area contributed by atoms with E-state index in [1.807, 2.05) is 35.2 Å². The summed E-state index contributed by atoms with van der Waals surface area (Å²) < 4.78 is 11.2. The van der Waals surface area contributed by atoms with Gasteiger partial charge < -0.3 is 30.3 Å². The molecule has 2 amide bonds. The second-order valence-corrected chi connectivity index (χ2v) is 10.7. The van der Waals surface area contributed by atoms with E-state index in [0.29, 0.717) is 47.6 Å². The Kier molecular flexibility index (Phi) is 8.05. The maximum atomic E-state index is 13.0. The topological polar surface area (TPSA) is 97.1 Å². The number of piperidine rings is 2. The number of fused-ring (bicyclic) bond motifs is 1. The molecule has 0 bridgehead atoms. The van der Waals surface area contributed by atoms with Gasteiger partial charge in [-0.15, -0.1) is 0 Å². The van der Waals surface area contributed by atoms with Gasteiger partial charge in [0.1, 0.15) is 12.4 Å². The molecule has 3 aliphatic rings. The standard InChI is InChI=1S/C28H35ClN4O4/c29-24-16-23(26-22(25(24)30)10-15-36-26)27(34)31-21-8-11-32(12-9-21)17-19-6-13-33(14-7-19)28(35)37-18-20-4-2-1-3-5-20/h1-5,16,19,21H,6-15,17-18,30H2,(H,31,34). The van der Waals surface area contributed by atoms with Crippen LogP contribution in [-0.4, -0.2) is 67.2 Å². The number of ether oxygens (including phenoxy) is 2. The molecule has 198 valence electrons. The third kappa shape index (κ3) is 6.13. The van der Waals surface area contributed by atoms with Gasteiger partial charge in [-0.1, -0.05) is 41.9 Å². The molecule has 2 aromatic rings. The number of hydrogen-bond donors (Lipinski definition) is 2.